The summed E-state index contributed by atoms with van der Waals surface area (Å²) in [6.07, 6.45) is 7.72. The molecule has 1 fully saturated rings. The zero-order chi connectivity index (χ0) is 19.6. The maximum atomic E-state index is 12.6. The van der Waals surface area contributed by atoms with Gasteiger partial charge in [0, 0.05) is 35.6 Å². The number of nitrogens with zero attached hydrogens (tertiary/aromatic N) is 4. The average Bonchev–Trinajstić information content (AvgIpc) is 3.46. The van der Waals surface area contributed by atoms with Crippen molar-refractivity contribution in [2.75, 3.05) is 10.0 Å². The van der Waals surface area contributed by atoms with Gasteiger partial charge in [0.05, 0.1) is 10.2 Å². The predicted molar refractivity (Wildman–Crippen MR) is 115 cm³/mol. The molecule has 0 spiro atoms. The molecule has 1 aliphatic rings. The monoisotopic (exact) mass is 420 g/mol. The van der Waals surface area contributed by atoms with Crippen molar-refractivity contribution in [1.29, 1.82) is 0 Å². The Morgan fingerprint density at radius 2 is 1.93 bits per heavy atom. The highest BCUT2D eigenvalue weighted by molar-refractivity contribution is 8.00. The zero-order valence-electron chi connectivity index (χ0n) is 15.1. The third-order valence-electron chi connectivity index (χ3n) is 4.68. The highest BCUT2D eigenvalue weighted by Crippen LogP contribution is 2.48. The lowest BCUT2D eigenvalue weighted by molar-refractivity contribution is -0.117. The molecule has 3 heterocycles. The Bertz CT molecular complexity index is 1120. The SMILES string of the molecule is O=C(Nc1nc2ccncc2s1)C1CC1c1ccc(SNc2ncccn2)cc1. The molecule has 1 amide bonds. The van der Waals surface area contributed by atoms with E-state index in [2.05, 4.69) is 42.1 Å². The smallest absolute Gasteiger partial charge is 0.233 e. The van der Waals surface area contributed by atoms with E-state index in [1.54, 1.807) is 30.9 Å². The fraction of sp³-hybridized carbons (Fsp3) is 0.150. The lowest BCUT2D eigenvalue weighted by Crippen LogP contribution is -2.14. The van der Waals surface area contributed by atoms with Crippen molar-refractivity contribution in [3.05, 3.63) is 66.7 Å². The Hall–Kier alpha value is -3.04. The van der Waals surface area contributed by atoms with E-state index in [1.807, 2.05) is 18.2 Å². The van der Waals surface area contributed by atoms with E-state index in [0.717, 1.165) is 21.5 Å². The van der Waals surface area contributed by atoms with E-state index in [-0.39, 0.29) is 17.7 Å². The number of nitrogens with one attached hydrogen (secondary N) is 2. The Morgan fingerprint density at radius 1 is 1.10 bits per heavy atom. The summed E-state index contributed by atoms with van der Waals surface area (Å²) in [5.41, 5.74) is 2.04. The number of carbonyl (C=O) groups is 1. The van der Waals surface area contributed by atoms with Gasteiger partial charge in [-0.25, -0.2) is 15.0 Å². The molecule has 7 nitrogen and oxygen atoms in total. The minimum Gasteiger partial charge on any atom is -0.302 e. The lowest BCUT2D eigenvalue weighted by Gasteiger charge is -2.05. The van der Waals surface area contributed by atoms with Gasteiger partial charge in [-0.05, 0) is 54.1 Å². The van der Waals surface area contributed by atoms with Crippen LogP contribution in [-0.2, 0) is 4.79 Å². The van der Waals surface area contributed by atoms with E-state index in [4.69, 9.17) is 0 Å². The lowest BCUT2D eigenvalue weighted by atomic mass is 10.1. The summed E-state index contributed by atoms with van der Waals surface area (Å²) in [5, 5.41) is 3.58. The summed E-state index contributed by atoms with van der Waals surface area (Å²) in [4.78, 5) is 30.4. The minimum absolute atomic E-state index is 0.00511. The van der Waals surface area contributed by atoms with Crippen LogP contribution >= 0.6 is 23.3 Å². The number of hydrogen-bond donors (Lipinski definition) is 2. The Morgan fingerprint density at radius 3 is 2.72 bits per heavy atom. The van der Waals surface area contributed by atoms with E-state index >= 15 is 0 Å². The Labute approximate surface area is 175 Å². The average molecular weight is 421 g/mol. The van der Waals surface area contributed by atoms with Crippen LogP contribution in [-0.4, -0.2) is 25.8 Å². The topological polar surface area (TPSA) is 92.7 Å². The van der Waals surface area contributed by atoms with Crippen LogP contribution in [0.15, 0.2) is 66.1 Å². The molecule has 1 aliphatic carbocycles. The molecule has 1 aromatic carbocycles. The third-order valence-corrected chi connectivity index (χ3v) is 6.40. The second-order valence-corrected chi connectivity index (χ2v) is 8.56. The number of aromatic nitrogens is 4. The molecule has 3 aromatic heterocycles. The van der Waals surface area contributed by atoms with E-state index < -0.39 is 0 Å². The van der Waals surface area contributed by atoms with Crippen LogP contribution in [0.3, 0.4) is 0 Å². The van der Waals surface area contributed by atoms with Crippen molar-refractivity contribution < 1.29 is 4.79 Å². The number of anilines is 2. The molecule has 0 radical (unpaired) electrons. The number of pyridine rings is 1. The molecule has 1 saturated carbocycles. The Balaban J connectivity index is 1.17. The third kappa shape index (κ3) is 4.06. The first-order valence-corrected chi connectivity index (χ1v) is 10.7. The van der Waals surface area contributed by atoms with Crippen molar-refractivity contribution in [1.82, 2.24) is 19.9 Å². The standard InChI is InChI=1S/C20H16N6OS2/c27-18(25-20-24-16-6-9-21-11-17(16)28-20)15-10-14(15)12-2-4-13(5-3-12)29-26-19-22-7-1-8-23-19/h1-9,11,14-15H,10H2,(H,22,23,26)(H,24,25,27). The fourth-order valence-corrected chi connectivity index (χ4v) is 4.55. The first-order valence-electron chi connectivity index (χ1n) is 9.07. The van der Waals surface area contributed by atoms with Crippen LogP contribution in [0.4, 0.5) is 11.1 Å². The predicted octanol–water partition coefficient (Wildman–Crippen LogP) is 4.34. The molecule has 2 unspecified atom stereocenters. The highest BCUT2D eigenvalue weighted by atomic mass is 32.2. The van der Waals surface area contributed by atoms with Crippen LogP contribution in [0.1, 0.15) is 17.9 Å². The van der Waals surface area contributed by atoms with Gasteiger partial charge in [0.1, 0.15) is 0 Å². The number of amides is 1. The first-order chi connectivity index (χ1) is 14.3. The van der Waals surface area contributed by atoms with Gasteiger partial charge in [-0.1, -0.05) is 23.5 Å². The molecular weight excluding hydrogens is 404 g/mol. The van der Waals surface area contributed by atoms with Crippen LogP contribution in [0.2, 0.25) is 0 Å². The van der Waals surface area contributed by atoms with Gasteiger partial charge in [-0.15, -0.1) is 0 Å². The maximum absolute atomic E-state index is 12.6. The summed E-state index contributed by atoms with van der Waals surface area (Å²) < 4.78 is 4.08. The van der Waals surface area contributed by atoms with Crippen molar-refractivity contribution in [2.45, 2.75) is 17.2 Å². The summed E-state index contributed by atoms with van der Waals surface area (Å²) in [5.74, 6) is 0.861. The molecule has 5 rings (SSSR count). The number of rotatable bonds is 6. The van der Waals surface area contributed by atoms with Crippen molar-refractivity contribution in [3.8, 4) is 0 Å². The molecule has 0 saturated heterocycles. The van der Waals surface area contributed by atoms with Crippen molar-refractivity contribution in [3.63, 3.8) is 0 Å². The number of carbonyl (C=O) groups excluding carboxylic acids is 1. The molecule has 2 atom stereocenters. The second kappa shape index (κ2) is 7.76. The number of benzene rings is 1. The van der Waals surface area contributed by atoms with Crippen molar-refractivity contribution >= 4 is 50.5 Å². The van der Waals surface area contributed by atoms with Gasteiger partial charge in [0.15, 0.2) is 5.13 Å². The Kier molecular flexibility index (Phi) is 4.82. The molecule has 0 aliphatic heterocycles. The summed E-state index contributed by atoms with van der Waals surface area (Å²) in [6.45, 7) is 0. The molecule has 9 heteroatoms. The minimum atomic E-state index is -0.00511. The molecule has 4 aromatic rings. The maximum Gasteiger partial charge on any atom is 0.233 e. The van der Waals surface area contributed by atoms with Gasteiger partial charge in [-0.3, -0.25) is 14.5 Å². The van der Waals surface area contributed by atoms with E-state index in [9.17, 15) is 4.79 Å². The quantitative estimate of drug-likeness (QED) is 0.448. The molecular formula is C20H16N6OS2. The molecule has 0 bridgehead atoms. The number of fused-ring (bicyclic) bond motifs is 1. The van der Waals surface area contributed by atoms with Gasteiger partial charge in [0.2, 0.25) is 11.9 Å². The van der Waals surface area contributed by atoms with Gasteiger partial charge in [-0.2, -0.15) is 0 Å². The number of hydrogen-bond acceptors (Lipinski definition) is 8. The summed E-state index contributed by atoms with van der Waals surface area (Å²) in [7, 11) is 0. The zero-order valence-corrected chi connectivity index (χ0v) is 16.8. The van der Waals surface area contributed by atoms with Crippen LogP contribution in [0.25, 0.3) is 10.2 Å². The molecule has 144 valence electrons. The summed E-state index contributed by atoms with van der Waals surface area (Å²) >= 11 is 2.91. The van der Waals surface area contributed by atoms with Gasteiger partial charge >= 0.3 is 0 Å². The number of thiazole rings is 1. The van der Waals surface area contributed by atoms with Crippen LogP contribution in [0.5, 0.6) is 0 Å². The van der Waals surface area contributed by atoms with Gasteiger partial charge < -0.3 is 5.32 Å². The first kappa shape index (κ1) is 18.0. The van der Waals surface area contributed by atoms with Gasteiger partial charge in [0.25, 0.3) is 0 Å². The van der Waals surface area contributed by atoms with Crippen molar-refractivity contribution in [2.24, 2.45) is 5.92 Å². The largest absolute Gasteiger partial charge is 0.302 e. The normalized spacial score (nSPS) is 17.8. The van der Waals surface area contributed by atoms with Crippen LogP contribution in [0, 0.1) is 5.92 Å². The highest BCUT2D eigenvalue weighted by Gasteiger charge is 2.44. The summed E-state index contributed by atoms with van der Waals surface area (Å²) in [6, 6.07) is 11.9. The fourth-order valence-electron chi connectivity index (χ4n) is 3.12. The second-order valence-electron chi connectivity index (χ2n) is 6.65. The van der Waals surface area contributed by atoms with Crippen LogP contribution < -0.4 is 10.0 Å². The molecule has 2 N–H and O–H groups in total. The van der Waals surface area contributed by atoms with E-state index in [0.29, 0.717) is 11.1 Å². The molecule has 29 heavy (non-hydrogen) atoms. The van der Waals surface area contributed by atoms with E-state index in [1.165, 1.54) is 28.8 Å².